The summed E-state index contributed by atoms with van der Waals surface area (Å²) in [6.07, 6.45) is 0.754. The van der Waals surface area contributed by atoms with Crippen LogP contribution in [0.15, 0.2) is 51.2 Å². The normalized spacial score (nSPS) is 18.3. The number of cyclic esters (lactones) is 1. The zero-order chi connectivity index (χ0) is 13.4. The quantitative estimate of drug-likeness (QED) is 0.609. The van der Waals surface area contributed by atoms with Crippen LogP contribution in [0, 0.1) is 0 Å². The number of rotatable bonds is 2. The minimum atomic E-state index is -0.808. The number of fused-ring (bicyclic) bond motifs is 1. The number of carbonyl (C=O) groups is 1. The van der Waals surface area contributed by atoms with Crippen molar-refractivity contribution >= 4 is 16.9 Å². The minimum absolute atomic E-state index is 0.329. The lowest BCUT2D eigenvalue weighted by atomic mass is 10.2. The first kappa shape index (κ1) is 11.5. The highest BCUT2D eigenvalue weighted by Gasteiger charge is 2.24. The third-order valence-corrected chi connectivity index (χ3v) is 2.79. The molecule has 0 saturated carbocycles. The summed E-state index contributed by atoms with van der Waals surface area (Å²) in [5.74, 6) is -0.0899. The maximum atomic E-state index is 11.4. The van der Waals surface area contributed by atoms with Crippen LogP contribution in [0.25, 0.3) is 11.0 Å². The maximum Gasteiger partial charge on any atom is 0.339 e. The summed E-state index contributed by atoms with van der Waals surface area (Å²) in [7, 11) is 0. The Morgan fingerprint density at radius 3 is 2.74 bits per heavy atom. The van der Waals surface area contributed by atoms with Crippen LogP contribution in [-0.4, -0.2) is 12.3 Å². The van der Waals surface area contributed by atoms with Crippen molar-refractivity contribution in [2.24, 2.45) is 0 Å². The number of carbonyl (C=O) groups excluding carboxylic acids is 1. The lowest BCUT2D eigenvalue weighted by Crippen LogP contribution is -2.16. The summed E-state index contributed by atoms with van der Waals surface area (Å²) in [5, 5.41) is 0.649. The molecule has 0 spiro atoms. The van der Waals surface area contributed by atoms with Crippen LogP contribution in [0.4, 0.5) is 0 Å². The molecule has 0 radical (unpaired) electrons. The molecule has 1 aromatic heterocycles. The standard InChI is InChI=1S/C14H10O5/c1-8-6-13(19-14(8)16)18-11-7-12(15)17-10-5-3-2-4-9(10)11/h2-7,13H,1H3. The van der Waals surface area contributed by atoms with Crippen molar-refractivity contribution < 1.29 is 18.7 Å². The fourth-order valence-corrected chi connectivity index (χ4v) is 1.87. The number of hydrogen-bond donors (Lipinski definition) is 0. The molecule has 5 nitrogen and oxygen atoms in total. The van der Waals surface area contributed by atoms with E-state index in [4.69, 9.17) is 13.9 Å². The first-order valence-corrected chi connectivity index (χ1v) is 5.72. The zero-order valence-electron chi connectivity index (χ0n) is 10.1. The molecule has 96 valence electrons. The second-order valence-corrected chi connectivity index (χ2v) is 4.17. The molecule has 0 fully saturated rings. The summed E-state index contributed by atoms with van der Waals surface area (Å²) < 4.78 is 15.6. The fourth-order valence-electron chi connectivity index (χ4n) is 1.87. The molecule has 0 amide bonds. The molecule has 0 saturated heterocycles. The van der Waals surface area contributed by atoms with E-state index >= 15 is 0 Å². The van der Waals surface area contributed by atoms with Crippen molar-refractivity contribution in [2.45, 2.75) is 13.2 Å². The number of para-hydroxylation sites is 1. The highest BCUT2D eigenvalue weighted by atomic mass is 16.7. The van der Waals surface area contributed by atoms with E-state index in [2.05, 4.69) is 0 Å². The number of hydrogen-bond acceptors (Lipinski definition) is 5. The van der Waals surface area contributed by atoms with Gasteiger partial charge in [-0.15, -0.1) is 0 Å². The Kier molecular flexibility index (Phi) is 2.59. The van der Waals surface area contributed by atoms with Crippen LogP contribution < -0.4 is 10.4 Å². The van der Waals surface area contributed by atoms with E-state index in [1.807, 2.05) is 0 Å². The number of benzene rings is 1. The zero-order valence-corrected chi connectivity index (χ0v) is 10.1. The molecule has 2 heterocycles. The average molecular weight is 258 g/mol. The first-order valence-electron chi connectivity index (χ1n) is 5.72. The molecule has 19 heavy (non-hydrogen) atoms. The third-order valence-electron chi connectivity index (χ3n) is 2.79. The second kappa shape index (κ2) is 4.28. The van der Waals surface area contributed by atoms with Crippen molar-refractivity contribution in [3.63, 3.8) is 0 Å². The van der Waals surface area contributed by atoms with Gasteiger partial charge < -0.3 is 13.9 Å². The van der Waals surface area contributed by atoms with E-state index < -0.39 is 17.9 Å². The van der Waals surface area contributed by atoms with Crippen LogP contribution in [-0.2, 0) is 9.53 Å². The van der Waals surface area contributed by atoms with Gasteiger partial charge in [0.05, 0.1) is 11.5 Å². The van der Waals surface area contributed by atoms with Gasteiger partial charge in [-0.05, 0) is 19.1 Å². The Labute approximate surface area is 108 Å². The third kappa shape index (κ3) is 2.10. The summed E-state index contributed by atoms with van der Waals surface area (Å²) in [5.41, 5.74) is 0.394. The van der Waals surface area contributed by atoms with Crippen molar-refractivity contribution in [3.8, 4) is 5.75 Å². The van der Waals surface area contributed by atoms with Gasteiger partial charge in [0.25, 0.3) is 6.29 Å². The summed E-state index contributed by atoms with van der Waals surface area (Å²) in [6.45, 7) is 1.64. The van der Waals surface area contributed by atoms with E-state index in [1.165, 1.54) is 6.07 Å². The number of esters is 1. The van der Waals surface area contributed by atoms with Crippen molar-refractivity contribution in [1.82, 2.24) is 0 Å². The van der Waals surface area contributed by atoms with Crippen LogP contribution in [0.2, 0.25) is 0 Å². The van der Waals surface area contributed by atoms with Crippen LogP contribution >= 0.6 is 0 Å². The Morgan fingerprint density at radius 2 is 2.00 bits per heavy atom. The molecule has 1 aromatic carbocycles. The van der Waals surface area contributed by atoms with Crippen molar-refractivity contribution in [2.75, 3.05) is 0 Å². The lowest BCUT2D eigenvalue weighted by Gasteiger charge is -2.12. The Balaban J connectivity index is 2.02. The summed E-state index contributed by atoms with van der Waals surface area (Å²) in [4.78, 5) is 22.7. The van der Waals surface area contributed by atoms with Gasteiger partial charge in [-0.1, -0.05) is 12.1 Å². The van der Waals surface area contributed by atoms with Crippen molar-refractivity contribution in [3.05, 3.63) is 52.4 Å². The fraction of sp³-hybridized carbons (Fsp3) is 0.143. The lowest BCUT2D eigenvalue weighted by molar-refractivity contribution is -0.148. The molecular formula is C14H10O5. The van der Waals surface area contributed by atoms with E-state index in [9.17, 15) is 9.59 Å². The van der Waals surface area contributed by atoms with Crippen molar-refractivity contribution in [1.29, 1.82) is 0 Å². The monoisotopic (exact) mass is 258 g/mol. The molecule has 1 atom stereocenters. The Hall–Kier alpha value is -2.56. The van der Waals surface area contributed by atoms with Gasteiger partial charge >= 0.3 is 11.6 Å². The van der Waals surface area contributed by atoms with Gasteiger partial charge in [0.1, 0.15) is 11.3 Å². The average Bonchev–Trinajstić information content (AvgIpc) is 2.68. The van der Waals surface area contributed by atoms with Gasteiger partial charge in [0, 0.05) is 11.6 Å². The minimum Gasteiger partial charge on any atom is -0.450 e. The van der Waals surface area contributed by atoms with Gasteiger partial charge in [0.2, 0.25) is 0 Å². The molecule has 5 heteroatoms. The van der Waals surface area contributed by atoms with Crippen LogP contribution in [0.1, 0.15) is 6.92 Å². The molecule has 1 aliphatic heterocycles. The van der Waals surface area contributed by atoms with E-state index in [0.29, 0.717) is 22.3 Å². The molecule has 1 aliphatic rings. The smallest absolute Gasteiger partial charge is 0.339 e. The largest absolute Gasteiger partial charge is 0.450 e. The molecule has 2 aromatic rings. The van der Waals surface area contributed by atoms with Gasteiger partial charge in [0.15, 0.2) is 0 Å². The SMILES string of the molecule is CC1=CC(Oc2cc(=O)oc3ccccc23)OC1=O. The number of ether oxygens (including phenoxy) is 2. The molecular weight excluding hydrogens is 248 g/mol. The van der Waals surface area contributed by atoms with E-state index in [0.717, 1.165) is 0 Å². The molecule has 0 bridgehead atoms. The molecule has 1 unspecified atom stereocenters. The van der Waals surface area contributed by atoms with E-state index in [1.54, 1.807) is 37.3 Å². The Morgan fingerprint density at radius 1 is 1.21 bits per heavy atom. The molecule has 0 N–H and O–H groups in total. The highest BCUT2D eigenvalue weighted by Crippen LogP contribution is 2.26. The summed E-state index contributed by atoms with van der Waals surface area (Å²) >= 11 is 0. The molecule has 3 rings (SSSR count). The van der Waals surface area contributed by atoms with Crippen LogP contribution in [0.5, 0.6) is 5.75 Å². The summed E-state index contributed by atoms with van der Waals surface area (Å²) in [6, 6.07) is 8.23. The van der Waals surface area contributed by atoms with Gasteiger partial charge in [-0.2, -0.15) is 0 Å². The predicted molar refractivity (Wildman–Crippen MR) is 66.7 cm³/mol. The van der Waals surface area contributed by atoms with Gasteiger partial charge in [-0.3, -0.25) is 0 Å². The van der Waals surface area contributed by atoms with E-state index in [-0.39, 0.29) is 0 Å². The predicted octanol–water partition coefficient (Wildman–Crippen LogP) is 2.00. The Bertz CT molecular complexity index is 741. The highest BCUT2D eigenvalue weighted by molar-refractivity contribution is 5.90. The first-order chi connectivity index (χ1) is 9.13. The van der Waals surface area contributed by atoms with Gasteiger partial charge in [-0.25, -0.2) is 9.59 Å². The topological polar surface area (TPSA) is 65.7 Å². The second-order valence-electron chi connectivity index (χ2n) is 4.17. The maximum absolute atomic E-state index is 11.4. The molecule has 0 aliphatic carbocycles. The van der Waals surface area contributed by atoms with Crippen LogP contribution in [0.3, 0.4) is 0 Å².